The van der Waals surface area contributed by atoms with Crippen molar-refractivity contribution in [3.05, 3.63) is 70.3 Å². The highest BCUT2D eigenvalue weighted by Gasteiger charge is 2.18. The second kappa shape index (κ2) is 9.43. The molecule has 2 aromatic carbocycles. The van der Waals surface area contributed by atoms with Crippen LogP contribution in [-0.4, -0.2) is 33.4 Å². The number of carbonyl (C=O) groups excluding carboxylic acids is 1. The van der Waals surface area contributed by atoms with Gasteiger partial charge in [0.25, 0.3) is 5.56 Å². The van der Waals surface area contributed by atoms with Crippen LogP contribution in [-0.2, 0) is 17.1 Å². The van der Waals surface area contributed by atoms with Gasteiger partial charge >= 0.3 is 0 Å². The number of halogens is 1. The Labute approximate surface area is 178 Å². The van der Waals surface area contributed by atoms with Gasteiger partial charge in [-0.2, -0.15) is 0 Å². The molecule has 1 aromatic heterocycles. The number of rotatable bonds is 6. The molecule has 0 bridgehead atoms. The molecule has 2 heterocycles. The molecule has 0 aliphatic carbocycles. The Morgan fingerprint density at radius 2 is 1.77 bits per heavy atom. The van der Waals surface area contributed by atoms with Crippen LogP contribution in [0, 0.1) is 5.82 Å². The number of para-hydroxylation sites is 1. The van der Waals surface area contributed by atoms with Crippen LogP contribution in [0.5, 0.6) is 0 Å². The molecule has 0 N–H and O–H groups in total. The molecule has 30 heavy (non-hydrogen) atoms. The van der Waals surface area contributed by atoms with Crippen LogP contribution < -0.4 is 5.56 Å². The molecular formula is C23H24FN3O2S. The van der Waals surface area contributed by atoms with E-state index >= 15 is 0 Å². The number of hydrogen-bond donors (Lipinski definition) is 0. The van der Waals surface area contributed by atoms with E-state index in [1.54, 1.807) is 41.0 Å². The van der Waals surface area contributed by atoms with Gasteiger partial charge in [-0.3, -0.25) is 14.2 Å². The third kappa shape index (κ3) is 4.56. The van der Waals surface area contributed by atoms with Crippen LogP contribution in [0.1, 0.15) is 31.2 Å². The normalized spacial score (nSPS) is 14.2. The van der Waals surface area contributed by atoms with E-state index in [1.165, 1.54) is 17.8 Å². The van der Waals surface area contributed by atoms with Crippen LogP contribution in [0.15, 0.2) is 58.5 Å². The van der Waals surface area contributed by atoms with Gasteiger partial charge in [-0.1, -0.05) is 42.1 Å². The van der Waals surface area contributed by atoms with Crippen molar-refractivity contribution in [2.45, 2.75) is 43.1 Å². The Hall–Kier alpha value is -2.67. The highest BCUT2D eigenvalue weighted by Crippen LogP contribution is 2.24. The maximum atomic E-state index is 14.0. The number of piperidine rings is 1. The lowest BCUT2D eigenvalue weighted by Crippen LogP contribution is -2.36. The summed E-state index contributed by atoms with van der Waals surface area (Å²) in [5, 5.41) is 1.03. The Kier molecular flexibility index (Phi) is 6.47. The van der Waals surface area contributed by atoms with Gasteiger partial charge in [0.05, 0.1) is 10.9 Å². The van der Waals surface area contributed by atoms with Crippen molar-refractivity contribution >= 4 is 28.6 Å². The predicted octanol–water partition coefficient (Wildman–Crippen LogP) is 4.23. The third-order valence-electron chi connectivity index (χ3n) is 5.40. The zero-order valence-electron chi connectivity index (χ0n) is 16.7. The van der Waals surface area contributed by atoms with Crippen molar-refractivity contribution in [2.75, 3.05) is 13.1 Å². The molecule has 1 aliphatic rings. The summed E-state index contributed by atoms with van der Waals surface area (Å²) in [7, 11) is 0. The Morgan fingerprint density at radius 3 is 2.57 bits per heavy atom. The van der Waals surface area contributed by atoms with Gasteiger partial charge in [0, 0.05) is 31.8 Å². The average Bonchev–Trinajstić information content (AvgIpc) is 2.78. The van der Waals surface area contributed by atoms with E-state index < -0.39 is 0 Å². The van der Waals surface area contributed by atoms with Gasteiger partial charge in [-0.25, -0.2) is 9.37 Å². The highest BCUT2D eigenvalue weighted by atomic mass is 32.2. The first-order valence-electron chi connectivity index (χ1n) is 10.3. The smallest absolute Gasteiger partial charge is 0.262 e. The standard InChI is InChI=1S/C23H24FN3O2S/c24-19-10-4-2-8-17(19)16-30-23-25-20-11-5-3-9-18(20)22(29)27(23)15-12-21(28)26-13-6-1-7-14-26/h2-5,8-11H,1,6-7,12-16H2. The second-order valence-electron chi connectivity index (χ2n) is 7.44. The maximum absolute atomic E-state index is 14.0. The summed E-state index contributed by atoms with van der Waals surface area (Å²) in [5.74, 6) is 0.150. The molecule has 3 aromatic rings. The van der Waals surface area contributed by atoms with Gasteiger partial charge in [-0.15, -0.1) is 0 Å². The van der Waals surface area contributed by atoms with E-state index in [9.17, 15) is 14.0 Å². The van der Waals surface area contributed by atoms with Gasteiger partial charge in [0.1, 0.15) is 5.82 Å². The van der Waals surface area contributed by atoms with E-state index in [-0.39, 0.29) is 30.2 Å². The average molecular weight is 426 g/mol. The van der Waals surface area contributed by atoms with Crippen molar-refractivity contribution in [1.82, 2.24) is 14.5 Å². The zero-order valence-corrected chi connectivity index (χ0v) is 17.5. The topological polar surface area (TPSA) is 55.2 Å². The van der Waals surface area contributed by atoms with Crippen LogP contribution in [0.4, 0.5) is 4.39 Å². The molecule has 0 unspecified atom stereocenters. The largest absolute Gasteiger partial charge is 0.343 e. The number of thioether (sulfide) groups is 1. The molecule has 0 saturated carbocycles. The first kappa shape index (κ1) is 20.6. The molecule has 1 saturated heterocycles. The lowest BCUT2D eigenvalue weighted by Gasteiger charge is -2.27. The minimum atomic E-state index is -0.278. The lowest BCUT2D eigenvalue weighted by atomic mass is 10.1. The summed E-state index contributed by atoms with van der Waals surface area (Å²) in [6, 6.07) is 13.8. The highest BCUT2D eigenvalue weighted by molar-refractivity contribution is 7.98. The van der Waals surface area contributed by atoms with Crippen molar-refractivity contribution in [3.63, 3.8) is 0 Å². The molecule has 156 valence electrons. The molecule has 1 amide bonds. The van der Waals surface area contributed by atoms with Crippen LogP contribution in [0.3, 0.4) is 0 Å². The minimum Gasteiger partial charge on any atom is -0.343 e. The van der Waals surface area contributed by atoms with E-state index in [4.69, 9.17) is 0 Å². The molecule has 0 atom stereocenters. The van der Waals surface area contributed by atoms with Crippen molar-refractivity contribution < 1.29 is 9.18 Å². The molecular weight excluding hydrogens is 401 g/mol. The summed E-state index contributed by atoms with van der Waals surface area (Å²) in [6.07, 6.45) is 3.49. The van der Waals surface area contributed by atoms with Gasteiger partial charge < -0.3 is 4.90 Å². The molecule has 1 aliphatic heterocycles. The number of benzene rings is 2. The lowest BCUT2D eigenvalue weighted by molar-refractivity contribution is -0.132. The van der Waals surface area contributed by atoms with Crippen LogP contribution in [0.2, 0.25) is 0 Å². The fourth-order valence-corrected chi connectivity index (χ4v) is 4.73. The van der Waals surface area contributed by atoms with E-state index in [2.05, 4.69) is 4.98 Å². The number of hydrogen-bond acceptors (Lipinski definition) is 4. The summed E-state index contributed by atoms with van der Waals surface area (Å²) >= 11 is 1.32. The van der Waals surface area contributed by atoms with E-state index in [0.717, 1.165) is 32.4 Å². The SMILES string of the molecule is O=C(CCn1c(SCc2ccccc2F)nc2ccccc2c1=O)N1CCCCC1. The van der Waals surface area contributed by atoms with Crippen molar-refractivity contribution in [1.29, 1.82) is 0 Å². The van der Waals surface area contributed by atoms with Crippen molar-refractivity contribution in [2.24, 2.45) is 0 Å². The summed E-state index contributed by atoms with van der Waals surface area (Å²) in [4.78, 5) is 32.3. The molecule has 0 spiro atoms. The second-order valence-corrected chi connectivity index (χ2v) is 8.38. The molecule has 0 radical (unpaired) electrons. The Morgan fingerprint density at radius 1 is 1.03 bits per heavy atom. The number of fused-ring (bicyclic) bond motifs is 1. The molecule has 4 rings (SSSR count). The number of carbonyl (C=O) groups is 1. The van der Waals surface area contributed by atoms with Crippen LogP contribution >= 0.6 is 11.8 Å². The molecule has 7 heteroatoms. The number of aromatic nitrogens is 2. The van der Waals surface area contributed by atoms with Crippen LogP contribution in [0.25, 0.3) is 10.9 Å². The number of nitrogens with zero attached hydrogens (tertiary/aromatic N) is 3. The van der Waals surface area contributed by atoms with Gasteiger partial charge in [0.2, 0.25) is 5.91 Å². The monoisotopic (exact) mass is 425 g/mol. The molecule has 5 nitrogen and oxygen atoms in total. The Bertz CT molecular complexity index is 1110. The zero-order chi connectivity index (χ0) is 20.9. The quantitative estimate of drug-likeness (QED) is 0.438. The van der Waals surface area contributed by atoms with Gasteiger partial charge in [-0.05, 0) is 43.0 Å². The minimum absolute atomic E-state index is 0.0693. The molecule has 1 fully saturated rings. The number of likely N-dealkylation sites (tertiary alicyclic amines) is 1. The predicted molar refractivity (Wildman–Crippen MR) is 117 cm³/mol. The third-order valence-corrected chi connectivity index (χ3v) is 6.42. The fraction of sp³-hybridized carbons (Fsp3) is 0.348. The number of amides is 1. The van der Waals surface area contributed by atoms with E-state index in [0.29, 0.717) is 27.4 Å². The fourth-order valence-electron chi connectivity index (χ4n) is 3.72. The summed E-state index contributed by atoms with van der Waals surface area (Å²) in [5.41, 5.74) is 1.00. The first-order chi connectivity index (χ1) is 14.6. The van der Waals surface area contributed by atoms with E-state index in [1.807, 2.05) is 11.0 Å². The maximum Gasteiger partial charge on any atom is 0.262 e. The first-order valence-corrected chi connectivity index (χ1v) is 11.3. The summed E-state index contributed by atoms with van der Waals surface area (Å²) in [6.45, 7) is 1.85. The van der Waals surface area contributed by atoms with Crippen molar-refractivity contribution in [3.8, 4) is 0 Å². The Balaban J connectivity index is 1.60. The van der Waals surface area contributed by atoms with Gasteiger partial charge in [0.15, 0.2) is 5.16 Å². The summed E-state index contributed by atoms with van der Waals surface area (Å²) < 4.78 is 15.6.